The largest absolute Gasteiger partial charge is 0.377 e. The molecule has 15 heavy (non-hydrogen) atoms. The summed E-state index contributed by atoms with van der Waals surface area (Å²) in [4.78, 5) is 13.7. The number of hydrogen-bond donors (Lipinski definition) is 1. The van der Waals surface area contributed by atoms with Crippen LogP contribution in [0, 0.1) is 0 Å². The molecule has 2 N–H and O–H groups in total. The van der Waals surface area contributed by atoms with Gasteiger partial charge in [-0.3, -0.25) is 4.79 Å². The van der Waals surface area contributed by atoms with Gasteiger partial charge in [0.1, 0.15) is 0 Å². The summed E-state index contributed by atoms with van der Waals surface area (Å²) in [5.74, 6) is 0.0712. The standard InChI is InChI=1S/C11H22N2O2/c1-3-10(12)11(14)13-7-5-6-9(8-13)15-4-2/h9-10H,3-8,12H2,1-2H3. The summed E-state index contributed by atoms with van der Waals surface area (Å²) >= 11 is 0. The van der Waals surface area contributed by atoms with E-state index in [-0.39, 0.29) is 18.1 Å². The zero-order chi connectivity index (χ0) is 11.3. The van der Waals surface area contributed by atoms with Gasteiger partial charge in [-0.1, -0.05) is 6.92 Å². The van der Waals surface area contributed by atoms with E-state index in [1.165, 1.54) is 0 Å². The van der Waals surface area contributed by atoms with Crippen LogP contribution in [0.25, 0.3) is 0 Å². The quantitative estimate of drug-likeness (QED) is 0.751. The number of ether oxygens (including phenoxy) is 1. The number of carbonyl (C=O) groups excluding carboxylic acids is 1. The van der Waals surface area contributed by atoms with Crippen molar-refractivity contribution in [3.8, 4) is 0 Å². The number of hydrogen-bond acceptors (Lipinski definition) is 3. The molecular formula is C11H22N2O2. The lowest BCUT2D eigenvalue weighted by Crippen LogP contribution is -2.49. The summed E-state index contributed by atoms with van der Waals surface area (Å²) in [5.41, 5.74) is 5.73. The molecule has 1 fully saturated rings. The van der Waals surface area contributed by atoms with E-state index >= 15 is 0 Å². The Kier molecular flexibility index (Phi) is 5.05. The van der Waals surface area contributed by atoms with Crippen molar-refractivity contribution in [3.05, 3.63) is 0 Å². The van der Waals surface area contributed by atoms with E-state index in [2.05, 4.69) is 0 Å². The van der Waals surface area contributed by atoms with Crippen molar-refractivity contribution in [1.29, 1.82) is 0 Å². The number of piperidine rings is 1. The van der Waals surface area contributed by atoms with Crippen molar-refractivity contribution in [2.24, 2.45) is 5.73 Å². The first-order chi connectivity index (χ1) is 7.19. The van der Waals surface area contributed by atoms with E-state index in [0.717, 1.165) is 19.4 Å². The van der Waals surface area contributed by atoms with E-state index in [1.807, 2.05) is 18.7 Å². The van der Waals surface area contributed by atoms with Gasteiger partial charge in [0.25, 0.3) is 0 Å². The minimum atomic E-state index is -0.342. The predicted octanol–water partition coefficient (Wildman–Crippen LogP) is 0.751. The molecule has 1 amide bonds. The lowest BCUT2D eigenvalue weighted by molar-refractivity contribution is -0.136. The summed E-state index contributed by atoms with van der Waals surface area (Å²) < 4.78 is 5.54. The van der Waals surface area contributed by atoms with Crippen LogP contribution in [0.4, 0.5) is 0 Å². The molecule has 1 aliphatic heterocycles. The van der Waals surface area contributed by atoms with Gasteiger partial charge in [0.15, 0.2) is 0 Å². The van der Waals surface area contributed by atoms with Gasteiger partial charge in [-0.05, 0) is 26.2 Å². The average molecular weight is 214 g/mol. The molecule has 0 bridgehead atoms. The molecule has 1 heterocycles. The molecule has 1 saturated heterocycles. The van der Waals surface area contributed by atoms with Crippen LogP contribution >= 0.6 is 0 Å². The summed E-state index contributed by atoms with van der Waals surface area (Å²) in [6.45, 7) is 6.17. The summed E-state index contributed by atoms with van der Waals surface area (Å²) in [5, 5.41) is 0. The molecule has 88 valence electrons. The molecule has 4 nitrogen and oxygen atoms in total. The minimum Gasteiger partial charge on any atom is -0.377 e. The van der Waals surface area contributed by atoms with Crippen LogP contribution in [0.5, 0.6) is 0 Å². The van der Waals surface area contributed by atoms with Gasteiger partial charge in [-0.15, -0.1) is 0 Å². The summed E-state index contributed by atoms with van der Waals surface area (Å²) in [7, 11) is 0. The van der Waals surface area contributed by atoms with Gasteiger partial charge in [0.05, 0.1) is 12.1 Å². The Morgan fingerprint density at radius 2 is 2.33 bits per heavy atom. The van der Waals surface area contributed by atoms with E-state index in [9.17, 15) is 4.79 Å². The number of amides is 1. The highest BCUT2D eigenvalue weighted by Gasteiger charge is 2.26. The molecule has 2 unspecified atom stereocenters. The first kappa shape index (κ1) is 12.5. The molecule has 0 aromatic carbocycles. The molecule has 0 spiro atoms. The van der Waals surface area contributed by atoms with Crippen molar-refractivity contribution in [1.82, 2.24) is 4.90 Å². The third-order valence-corrected chi connectivity index (χ3v) is 2.85. The van der Waals surface area contributed by atoms with E-state index in [4.69, 9.17) is 10.5 Å². The van der Waals surface area contributed by atoms with Crippen LogP contribution < -0.4 is 5.73 Å². The fourth-order valence-corrected chi connectivity index (χ4v) is 1.92. The molecule has 2 atom stereocenters. The first-order valence-electron chi connectivity index (χ1n) is 5.85. The second kappa shape index (κ2) is 6.08. The lowest BCUT2D eigenvalue weighted by Gasteiger charge is -2.33. The summed E-state index contributed by atoms with van der Waals surface area (Å²) in [6, 6.07) is -0.342. The highest BCUT2D eigenvalue weighted by Crippen LogP contribution is 2.14. The second-order valence-corrected chi connectivity index (χ2v) is 4.02. The zero-order valence-electron chi connectivity index (χ0n) is 9.74. The fourth-order valence-electron chi connectivity index (χ4n) is 1.92. The topological polar surface area (TPSA) is 55.6 Å². The van der Waals surface area contributed by atoms with E-state index in [0.29, 0.717) is 19.6 Å². The summed E-state index contributed by atoms with van der Waals surface area (Å²) in [6.07, 6.45) is 2.98. The Hall–Kier alpha value is -0.610. The van der Waals surface area contributed by atoms with Crippen LogP contribution in [0.3, 0.4) is 0 Å². The predicted molar refractivity (Wildman–Crippen MR) is 59.5 cm³/mol. The van der Waals surface area contributed by atoms with Gasteiger partial charge in [-0.25, -0.2) is 0 Å². The van der Waals surface area contributed by atoms with Gasteiger partial charge >= 0.3 is 0 Å². The zero-order valence-corrected chi connectivity index (χ0v) is 9.74. The van der Waals surface area contributed by atoms with Gasteiger partial charge in [0, 0.05) is 19.7 Å². The SMILES string of the molecule is CCOC1CCCN(C(=O)C(N)CC)C1. The second-order valence-electron chi connectivity index (χ2n) is 4.02. The number of nitrogens with zero attached hydrogens (tertiary/aromatic N) is 1. The first-order valence-corrected chi connectivity index (χ1v) is 5.85. The minimum absolute atomic E-state index is 0.0712. The maximum Gasteiger partial charge on any atom is 0.239 e. The van der Waals surface area contributed by atoms with E-state index < -0.39 is 0 Å². The number of nitrogens with two attached hydrogens (primary N) is 1. The highest BCUT2D eigenvalue weighted by molar-refractivity contribution is 5.81. The number of carbonyl (C=O) groups is 1. The molecule has 1 rings (SSSR count). The number of rotatable bonds is 4. The number of likely N-dealkylation sites (tertiary alicyclic amines) is 1. The average Bonchev–Trinajstić information content (AvgIpc) is 2.28. The smallest absolute Gasteiger partial charge is 0.239 e. The third-order valence-electron chi connectivity index (χ3n) is 2.85. The van der Waals surface area contributed by atoms with Gasteiger partial charge in [0.2, 0.25) is 5.91 Å². The molecule has 4 heteroatoms. The molecule has 0 aromatic heterocycles. The van der Waals surface area contributed by atoms with Crippen molar-refractivity contribution in [2.75, 3.05) is 19.7 Å². The van der Waals surface area contributed by atoms with Crippen LogP contribution in [-0.4, -0.2) is 42.6 Å². The van der Waals surface area contributed by atoms with Crippen LogP contribution in [0.2, 0.25) is 0 Å². The Morgan fingerprint density at radius 3 is 2.93 bits per heavy atom. The van der Waals surface area contributed by atoms with Crippen molar-refractivity contribution in [3.63, 3.8) is 0 Å². The Balaban J connectivity index is 2.44. The third kappa shape index (κ3) is 3.47. The van der Waals surface area contributed by atoms with Gasteiger partial charge in [-0.2, -0.15) is 0 Å². The fraction of sp³-hybridized carbons (Fsp3) is 0.909. The van der Waals surface area contributed by atoms with Crippen molar-refractivity contribution in [2.45, 2.75) is 45.3 Å². The maximum atomic E-state index is 11.8. The van der Waals surface area contributed by atoms with Crippen molar-refractivity contribution < 1.29 is 9.53 Å². The van der Waals surface area contributed by atoms with Gasteiger partial charge < -0.3 is 15.4 Å². The van der Waals surface area contributed by atoms with Crippen molar-refractivity contribution >= 4 is 5.91 Å². The van der Waals surface area contributed by atoms with Crippen LogP contribution in [-0.2, 0) is 9.53 Å². The Morgan fingerprint density at radius 1 is 1.60 bits per heavy atom. The maximum absolute atomic E-state index is 11.8. The molecule has 0 aromatic rings. The van der Waals surface area contributed by atoms with E-state index in [1.54, 1.807) is 0 Å². The monoisotopic (exact) mass is 214 g/mol. The Labute approximate surface area is 91.8 Å². The molecule has 0 radical (unpaired) electrons. The highest BCUT2D eigenvalue weighted by atomic mass is 16.5. The molecule has 0 saturated carbocycles. The Bertz CT molecular complexity index is 207. The molecule has 1 aliphatic rings. The normalized spacial score (nSPS) is 23.9. The molecule has 0 aliphatic carbocycles. The van der Waals surface area contributed by atoms with Crippen LogP contribution in [0.15, 0.2) is 0 Å². The molecular weight excluding hydrogens is 192 g/mol. The lowest BCUT2D eigenvalue weighted by atomic mass is 10.1. The van der Waals surface area contributed by atoms with Crippen LogP contribution in [0.1, 0.15) is 33.1 Å².